The van der Waals surface area contributed by atoms with Crippen LogP contribution in [-0.2, 0) is 14.6 Å². The lowest BCUT2D eigenvalue weighted by Gasteiger charge is -2.30. The molecule has 22 heavy (non-hydrogen) atoms. The average Bonchev–Trinajstić information content (AvgIpc) is 2.74. The fraction of sp³-hybridized carbons (Fsp3) is 0.857. The molecule has 0 radical (unpaired) electrons. The van der Waals surface area contributed by atoms with Crippen molar-refractivity contribution in [3.8, 4) is 0 Å². The van der Waals surface area contributed by atoms with Crippen molar-refractivity contribution in [3.05, 3.63) is 0 Å². The van der Waals surface area contributed by atoms with Gasteiger partial charge in [0.05, 0.1) is 24.6 Å². The van der Waals surface area contributed by atoms with E-state index >= 15 is 0 Å². The molecule has 1 saturated heterocycles. The summed E-state index contributed by atoms with van der Waals surface area (Å²) in [5.41, 5.74) is -0.516. The molecular weight excluding hydrogens is 306 g/mol. The molecule has 8 heteroatoms. The Balaban J connectivity index is 1.81. The molecule has 0 aromatic rings. The molecular formula is C14H25N3O4S. The highest BCUT2D eigenvalue weighted by molar-refractivity contribution is 7.91. The number of carbonyl (C=O) groups is 1. The Kier molecular flexibility index (Phi) is 4.99. The summed E-state index contributed by atoms with van der Waals surface area (Å²) in [7, 11) is -2.86. The van der Waals surface area contributed by atoms with Crippen LogP contribution in [0, 0.1) is 5.92 Å². The van der Waals surface area contributed by atoms with E-state index in [9.17, 15) is 13.2 Å². The van der Waals surface area contributed by atoms with Crippen molar-refractivity contribution in [2.24, 2.45) is 10.9 Å². The number of rotatable bonds is 2. The molecule has 126 valence electrons. The maximum Gasteiger partial charge on any atom is 0.410 e. The molecule has 0 saturated carbocycles. The van der Waals surface area contributed by atoms with Gasteiger partial charge in [-0.2, -0.15) is 0 Å². The first-order chi connectivity index (χ1) is 10.1. The Morgan fingerprint density at radius 3 is 2.77 bits per heavy atom. The zero-order valence-corrected chi connectivity index (χ0v) is 14.3. The molecule has 2 aliphatic heterocycles. The van der Waals surface area contributed by atoms with E-state index < -0.39 is 15.4 Å². The van der Waals surface area contributed by atoms with Crippen molar-refractivity contribution in [2.75, 3.05) is 37.7 Å². The Labute approximate surface area is 132 Å². The molecule has 0 aliphatic carbocycles. The van der Waals surface area contributed by atoms with Gasteiger partial charge in [-0.05, 0) is 33.1 Å². The topological polar surface area (TPSA) is 88.1 Å². The molecule has 2 heterocycles. The molecule has 2 rings (SSSR count). The largest absolute Gasteiger partial charge is 0.444 e. The zero-order chi connectivity index (χ0) is 16.4. The van der Waals surface area contributed by atoms with Gasteiger partial charge in [0.2, 0.25) is 0 Å². The summed E-state index contributed by atoms with van der Waals surface area (Å²) < 4.78 is 28.2. The summed E-state index contributed by atoms with van der Waals surface area (Å²) in [5.74, 6) is 1.37. The monoisotopic (exact) mass is 331 g/mol. The van der Waals surface area contributed by atoms with E-state index in [2.05, 4.69) is 10.3 Å². The molecule has 2 aliphatic rings. The number of aliphatic imine (C=N–C) groups is 1. The van der Waals surface area contributed by atoms with Crippen molar-refractivity contribution in [3.63, 3.8) is 0 Å². The third-order valence-electron chi connectivity index (χ3n) is 3.59. The third kappa shape index (κ3) is 5.15. The van der Waals surface area contributed by atoms with Gasteiger partial charge in [-0.1, -0.05) is 0 Å². The van der Waals surface area contributed by atoms with Gasteiger partial charge in [-0.15, -0.1) is 0 Å². The van der Waals surface area contributed by atoms with E-state index in [1.54, 1.807) is 4.90 Å². The molecule has 7 nitrogen and oxygen atoms in total. The van der Waals surface area contributed by atoms with Gasteiger partial charge in [0, 0.05) is 13.1 Å². The van der Waals surface area contributed by atoms with E-state index in [0.717, 1.165) is 5.84 Å². The smallest absolute Gasteiger partial charge is 0.410 e. The van der Waals surface area contributed by atoms with Crippen molar-refractivity contribution in [2.45, 2.75) is 32.8 Å². The molecule has 1 N–H and O–H groups in total. The van der Waals surface area contributed by atoms with Crippen molar-refractivity contribution in [1.82, 2.24) is 10.2 Å². The van der Waals surface area contributed by atoms with Crippen LogP contribution in [0.3, 0.4) is 0 Å². The Morgan fingerprint density at radius 1 is 1.45 bits per heavy atom. The van der Waals surface area contributed by atoms with Crippen LogP contribution >= 0.6 is 0 Å². The summed E-state index contributed by atoms with van der Waals surface area (Å²) in [4.78, 5) is 18.0. The lowest BCUT2D eigenvalue weighted by Crippen LogP contribution is -2.48. The van der Waals surface area contributed by atoms with Crippen LogP contribution in [-0.4, -0.2) is 68.5 Å². The molecule has 1 unspecified atom stereocenters. The lowest BCUT2D eigenvalue weighted by atomic mass is 10.1. The summed E-state index contributed by atoms with van der Waals surface area (Å²) in [6, 6.07) is 0. The van der Waals surface area contributed by atoms with Gasteiger partial charge in [0.25, 0.3) is 0 Å². The number of nitrogens with zero attached hydrogens (tertiary/aromatic N) is 2. The zero-order valence-electron chi connectivity index (χ0n) is 13.5. The minimum atomic E-state index is -2.86. The maximum atomic E-state index is 12.0. The molecule has 0 aromatic carbocycles. The Hall–Kier alpha value is -1.31. The van der Waals surface area contributed by atoms with E-state index in [1.165, 1.54) is 0 Å². The summed E-state index contributed by atoms with van der Waals surface area (Å²) in [5, 5.41) is 3.19. The van der Waals surface area contributed by atoms with E-state index in [0.29, 0.717) is 32.6 Å². The van der Waals surface area contributed by atoms with Crippen LogP contribution in [0.25, 0.3) is 0 Å². The van der Waals surface area contributed by atoms with Gasteiger partial charge in [-0.3, -0.25) is 9.89 Å². The minimum Gasteiger partial charge on any atom is -0.444 e. The van der Waals surface area contributed by atoms with E-state index in [1.807, 2.05) is 20.8 Å². The standard InChI is InChI=1S/C14H25N3O4S/c1-14(2,3)21-13(18)17-6-5-15-12(9-17)16-8-11-4-7-22(19,20)10-11/h11H,4-10H2,1-3H3,(H,15,16). The highest BCUT2D eigenvalue weighted by Crippen LogP contribution is 2.17. The second kappa shape index (κ2) is 6.44. The summed E-state index contributed by atoms with van der Waals surface area (Å²) >= 11 is 0. The van der Waals surface area contributed by atoms with Gasteiger partial charge in [0.15, 0.2) is 9.84 Å². The van der Waals surface area contributed by atoms with Crippen molar-refractivity contribution < 1.29 is 17.9 Å². The maximum absolute atomic E-state index is 12.0. The lowest BCUT2D eigenvalue weighted by molar-refractivity contribution is 0.0276. The normalized spacial score (nSPS) is 24.8. The van der Waals surface area contributed by atoms with Crippen LogP contribution in [0.15, 0.2) is 4.99 Å². The number of ether oxygens (including phenoxy) is 1. The van der Waals surface area contributed by atoms with Crippen LogP contribution in [0.5, 0.6) is 0 Å². The third-order valence-corrected chi connectivity index (χ3v) is 5.42. The van der Waals surface area contributed by atoms with Gasteiger partial charge in [0.1, 0.15) is 11.4 Å². The predicted octanol–water partition coefficient (Wildman–Crippen LogP) is 0.660. The molecule has 1 amide bonds. The molecule has 1 fully saturated rings. The number of hydrogen-bond acceptors (Lipinski definition) is 6. The highest BCUT2D eigenvalue weighted by atomic mass is 32.2. The number of sulfone groups is 1. The van der Waals surface area contributed by atoms with Crippen molar-refractivity contribution in [1.29, 1.82) is 0 Å². The first-order valence-corrected chi connectivity index (χ1v) is 9.42. The summed E-state index contributed by atoms with van der Waals surface area (Å²) in [6.07, 6.45) is 0.350. The minimum absolute atomic E-state index is 0.129. The number of amidine groups is 1. The Morgan fingerprint density at radius 2 is 2.18 bits per heavy atom. The predicted molar refractivity (Wildman–Crippen MR) is 84.9 cm³/mol. The number of amides is 1. The number of nitrogens with one attached hydrogen (secondary N) is 1. The summed E-state index contributed by atoms with van der Waals surface area (Å²) in [6.45, 7) is 7.55. The van der Waals surface area contributed by atoms with Crippen LogP contribution < -0.4 is 5.32 Å². The van der Waals surface area contributed by atoms with E-state index in [4.69, 9.17) is 4.74 Å². The van der Waals surface area contributed by atoms with Gasteiger partial charge in [-0.25, -0.2) is 13.2 Å². The van der Waals surface area contributed by atoms with E-state index in [-0.39, 0.29) is 23.5 Å². The number of carbonyl (C=O) groups excluding carboxylic acids is 1. The quantitative estimate of drug-likeness (QED) is 0.803. The fourth-order valence-corrected chi connectivity index (χ4v) is 4.37. The molecule has 1 atom stereocenters. The molecule has 0 bridgehead atoms. The van der Waals surface area contributed by atoms with Crippen LogP contribution in [0.1, 0.15) is 27.2 Å². The first-order valence-electron chi connectivity index (χ1n) is 7.60. The fourth-order valence-electron chi connectivity index (χ4n) is 2.50. The molecule has 0 aromatic heterocycles. The highest BCUT2D eigenvalue weighted by Gasteiger charge is 2.29. The van der Waals surface area contributed by atoms with Crippen LogP contribution in [0.2, 0.25) is 0 Å². The second-order valence-corrected chi connectivity index (χ2v) is 9.11. The molecule has 0 spiro atoms. The van der Waals surface area contributed by atoms with Gasteiger partial charge < -0.3 is 10.1 Å². The first kappa shape index (κ1) is 17.1. The second-order valence-electron chi connectivity index (χ2n) is 6.88. The Bertz CT molecular complexity index is 551. The van der Waals surface area contributed by atoms with Crippen LogP contribution in [0.4, 0.5) is 4.79 Å². The van der Waals surface area contributed by atoms with Gasteiger partial charge >= 0.3 is 6.09 Å². The SMILES string of the molecule is CC(C)(C)OC(=O)N1CCN=C(NCC2CCS(=O)(=O)C2)C1. The average molecular weight is 331 g/mol. The number of hydrogen-bond donors (Lipinski definition) is 1. The van der Waals surface area contributed by atoms with Crippen molar-refractivity contribution >= 4 is 21.8 Å².